The van der Waals surface area contributed by atoms with E-state index in [-0.39, 0.29) is 19.1 Å². The minimum atomic E-state index is -0.245. The Kier molecular flexibility index (Phi) is 6.38. The van der Waals surface area contributed by atoms with E-state index in [9.17, 15) is 4.79 Å². The van der Waals surface area contributed by atoms with Crippen LogP contribution in [0.3, 0.4) is 0 Å². The summed E-state index contributed by atoms with van der Waals surface area (Å²) in [4.78, 5) is 12.6. The highest BCUT2D eigenvalue weighted by molar-refractivity contribution is 5.94. The SMILES string of the molecule is COc1ccccc1-c1cc(C(=O)NCC#CCOc2cccc3ccccc23)n(C)n1. The average Bonchev–Trinajstić information content (AvgIpc) is 3.22. The molecule has 4 aromatic rings. The van der Waals surface area contributed by atoms with Crippen LogP contribution in [0.5, 0.6) is 11.5 Å². The van der Waals surface area contributed by atoms with Gasteiger partial charge < -0.3 is 14.8 Å². The van der Waals surface area contributed by atoms with E-state index in [1.54, 1.807) is 24.9 Å². The van der Waals surface area contributed by atoms with E-state index in [1.165, 1.54) is 0 Å². The van der Waals surface area contributed by atoms with Gasteiger partial charge in [0.1, 0.15) is 23.8 Å². The van der Waals surface area contributed by atoms with Gasteiger partial charge in [0.25, 0.3) is 5.91 Å². The third-order valence-electron chi connectivity index (χ3n) is 5.01. The number of fused-ring (bicyclic) bond motifs is 1. The van der Waals surface area contributed by atoms with Crippen LogP contribution in [-0.2, 0) is 7.05 Å². The largest absolute Gasteiger partial charge is 0.496 e. The van der Waals surface area contributed by atoms with Crippen molar-refractivity contribution < 1.29 is 14.3 Å². The lowest BCUT2D eigenvalue weighted by Crippen LogP contribution is -2.25. The molecule has 0 aliphatic rings. The van der Waals surface area contributed by atoms with Gasteiger partial charge >= 0.3 is 0 Å². The molecule has 0 bridgehead atoms. The first kappa shape index (κ1) is 21.0. The topological polar surface area (TPSA) is 65.4 Å². The van der Waals surface area contributed by atoms with Crippen LogP contribution in [0.25, 0.3) is 22.0 Å². The minimum absolute atomic E-state index is 0.215. The highest BCUT2D eigenvalue weighted by Gasteiger charge is 2.15. The van der Waals surface area contributed by atoms with E-state index in [0.29, 0.717) is 17.1 Å². The molecule has 3 aromatic carbocycles. The quantitative estimate of drug-likeness (QED) is 0.473. The van der Waals surface area contributed by atoms with Crippen molar-refractivity contribution in [3.05, 3.63) is 78.5 Å². The Morgan fingerprint density at radius 2 is 1.75 bits per heavy atom. The Hall–Kier alpha value is -4.24. The van der Waals surface area contributed by atoms with Crippen LogP contribution in [0.4, 0.5) is 0 Å². The standard InChI is InChI=1S/C26H23N3O3/c1-29-23(18-22(28-29)21-13-5-6-14-24(21)31-2)26(30)27-16-7-8-17-32-25-15-9-11-19-10-3-4-12-20(19)25/h3-6,9-15,18H,16-17H2,1-2H3,(H,27,30). The molecule has 0 fully saturated rings. The van der Waals surface area contributed by atoms with Gasteiger partial charge in [0.05, 0.1) is 19.3 Å². The first-order valence-corrected chi connectivity index (χ1v) is 10.2. The number of hydrogen-bond acceptors (Lipinski definition) is 4. The van der Waals surface area contributed by atoms with Crippen molar-refractivity contribution in [1.82, 2.24) is 15.1 Å². The molecule has 1 aromatic heterocycles. The second-order valence-corrected chi connectivity index (χ2v) is 7.04. The number of benzene rings is 3. The number of hydrogen-bond donors (Lipinski definition) is 1. The molecular formula is C26H23N3O3. The molecule has 4 rings (SSSR count). The van der Waals surface area contributed by atoms with Gasteiger partial charge in [0.15, 0.2) is 0 Å². The van der Waals surface area contributed by atoms with Crippen LogP contribution in [0, 0.1) is 11.8 Å². The number of aromatic nitrogens is 2. The highest BCUT2D eigenvalue weighted by Crippen LogP contribution is 2.29. The zero-order chi connectivity index (χ0) is 22.3. The molecule has 1 N–H and O–H groups in total. The number of nitrogens with one attached hydrogen (secondary N) is 1. The predicted octanol–water partition coefficient (Wildman–Crippen LogP) is 4.06. The van der Waals surface area contributed by atoms with Crippen molar-refractivity contribution >= 4 is 16.7 Å². The monoisotopic (exact) mass is 425 g/mol. The lowest BCUT2D eigenvalue weighted by molar-refractivity contribution is 0.0949. The summed E-state index contributed by atoms with van der Waals surface area (Å²) < 4.78 is 12.7. The van der Waals surface area contributed by atoms with Gasteiger partial charge in [-0.2, -0.15) is 5.10 Å². The molecule has 0 aliphatic heterocycles. The lowest BCUT2D eigenvalue weighted by atomic mass is 10.1. The Morgan fingerprint density at radius 1 is 1.00 bits per heavy atom. The predicted molar refractivity (Wildman–Crippen MR) is 125 cm³/mol. The smallest absolute Gasteiger partial charge is 0.270 e. The second-order valence-electron chi connectivity index (χ2n) is 7.04. The molecule has 0 saturated heterocycles. The first-order valence-electron chi connectivity index (χ1n) is 10.2. The molecule has 160 valence electrons. The summed E-state index contributed by atoms with van der Waals surface area (Å²) in [7, 11) is 3.34. The third-order valence-corrected chi connectivity index (χ3v) is 5.01. The molecular weight excluding hydrogens is 402 g/mol. The maximum absolute atomic E-state index is 12.6. The molecule has 0 aliphatic carbocycles. The number of para-hydroxylation sites is 1. The molecule has 0 spiro atoms. The summed E-state index contributed by atoms with van der Waals surface area (Å²) in [5.74, 6) is 7.11. The normalized spacial score (nSPS) is 10.3. The van der Waals surface area contributed by atoms with Crippen LogP contribution in [-0.4, -0.2) is 35.9 Å². The Labute approximate surface area is 186 Å². The maximum Gasteiger partial charge on any atom is 0.270 e. The van der Waals surface area contributed by atoms with Crippen molar-refractivity contribution in [2.24, 2.45) is 7.05 Å². The first-order chi connectivity index (χ1) is 15.7. The maximum atomic E-state index is 12.6. The summed E-state index contributed by atoms with van der Waals surface area (Å²) in [6.45, 7) is 0.459. The Bertz CT molecular complexity index is 1310. The molecule has 0 unspecified atom stereocenters. The van der Waals surface area contributed by atoms with Crippen molar-refractivity contribution in [1.29, 1.82) is 0 Å². The lowest BCUT2D eigenvalue weighted by Gasteiger charge is -2.06. The molecule has 0 radical (unpaired) electrons. The van der Waals surface area contributed by atoms with Crippen molar-refractivity contribution in [3.8, 4) is 34.6 Å². The summed E-state index contributed by atoms with van der Waals surface area (Å²) in [6, 6.07) is 23.3. The van der Waals surface area contributed by atoms with Gasteiger partial charge in [0.2, 0.25) is 0 Å². The second kappa shape index (κ2) is 9.71. The van der Waals surface area contributed by atoms with Crippen LogP contribution in [0.2, 0.25) is 0 Å². The summed E-state index contributed by atoms with van der Waals surface area (Å²) >= 11 is 0. The minimum Gasteiger partial charge on any atom is -0.496 e. The van der Waals surface area contributed by atoms with Crippen LogP contribution < -0.4 is 14.8 Å². The summed E-state index contributed by atoms with van der Waals surface area (Å²) in [6.07, 6.45) is 0. The van der Waals surface area contributed by atoms with Gasteiger partial charge in [-0.1, -0.05) is 60.4 Å². The fraction of sp³-hybridized carbons (Fsp3) is 0.154. The van der Waals surface area contributed by atoms with Gasteiger partial charge in [-0.15, -0.1) is 0 Å². The molecule has 1 heterocycles. The molecule has 6 heteroatoms. The fourth-order valence-electron chi connectivity index (χ4n) is 3.43. The zero-order valence-electron chi connectivity index (χ0n) is 18.0. The molecule has 0 atom stereocenters. The zero-order valence-corrected chi connectivity index (χ0v) is 18.0. The van der Waals surface area contributed by atoms with E-state index in [0.717, 1.165) is 22.1 Å². The number of methoxy groups -OCH3 is 1. The number of aryl methyl sites for hydroxylation is 1. The number of amides is 1. The third kappa shape index (κ3) is 4.57. The number of rotatable bonds is 6. The summed E-state index contributed by atoms with van der Waals surface area (Å²) in [5, 5.41) is 9.42. The number of ether oxygens (including phenoxy) is 2. The van der Waals surface area contributed by atoms with Crippen molar-refractivity contribution in [2.75, 3.05) is 20.3 Å². The van der Waals surface area contributed by atoms with Crippen LogP contribution in [0.1, 0.15) is 10.5 Å². The van der Waals surface area contributed by atoms with E-state index in [1.807, 2.05) is 66.7 Å². The summed E-state index contributed by atoms with van der Waals surface area (Å²) in [5.41, 5.74) is 1.94. The molecule has 0 saturated carbocycles. The Balaban J connectivity index is 1.34. The van der Waals surface area contributed by atoms with Crippen LogP contribution >= 0.6 is 0 Å². The fourth-order valence-corrected chi connectivity index (χ4v) is 3.43. The van der Waals surface area contributed by atoms with E-state index in [4.69, 9.17) is 9.47 Å². The van der Waals surface area contributed by atoms with E-state index in [2.05, 4.69) is 22.3 Å². The van der Waals surface area contributed by atoms with Crippen molar-refractivity contribution in [2.45, 2.75) is 0 Å². The molecule has 6 nitrogen and oxygen atoms in total. The van der Waals surface area contributed by atoms with E-state index < -0.39 is 0 Å². The molecule has 32 heavy (non-hydrogen) atoms. The van der Waals surface area contributed by atoms with Gasteiger partial charge in [-0.25, -0.2) is 0 Å². The van der Waals surface area contributed by atoms with Gasteiger partial charge in [-0.3, -0.25) is 9.48 Å². The van der Waals surface area contributed by atoms with Gasteiger partial charge in [-0.05, 0) is 29.7 Å². The number of carbonyl (C=O) groups is 1. The van der Waals surface area contributed by atoms with Crippen molar-refractivity contribution in [3.63, 3.8) is 0 Å². The Morgan fingerprint density at radius 3 is 2.62 bits per heavy atom. The number of nitrogens with zero attached hydrogens (tertiary/aromatic N) is 2. The molecule has 1 amide bonds. The van der Waals surface area contributed by atoms with E-state index >= 15 is 0 Å². The van der Waals surface area contributed by atoms with Gasteiger partial charge in [0, 0.05) is 18.0 Å². The average molecular weight is 425 g/mol. The highest BCUT2D eigenvalue weighted by atomic mass is 16.5. The number of carbonyl (C=O) groups excluding carboxylic acids is 1. The van der Waals surface area contributed by atoms with Crippen LogP contribution in [0.15, 0.2) is 72.8 Å².